The minimum Gasteiger partial charge on any atom is -0.419 e. The van der Waals surface area contributed by atoms with Crippen molar-refractivity contribution >= 4 is 47.6 Å². The fraction of sp³-hybridized carbons (Fsp3) is 0.318. The molecule has 1 N–H and O–H groups in total. The van der Waals surface area contributed by atoms with Gasteiger partial charge in [-0.2, -0.15) is 4.98 Å². The first-order valence-corrected chi connectivity index (χ1v) is 13.3. The van der Waals surface area contributed by atoms with Crippen LogP contribution in [-0.4, -0.2) is 57.7 Å². The van der Waals surface area contributed by atoms with Crippen molar-refractivity contribution in [3.63, 3.8) is 0 Å². The molecular weight excluding hydrogens is 562 g/mol. The van der Waals surface area contributed by atoms with Gasteiger partial charge in [0, 0.05) is 34.1 Å². The smallest absolute Gasteiger partial charge is 0.233 e. The molecule has 0 atom stereocenters. The minimum atomic E-state index is -3.86. The number of nitrogens with zero attached hydrogens (tertiary/aromatic N) is 2. The minimum absolute atomic E-state index is 0.107. The number of halogens is 2. The van der Waals surface area contributed by atoms with E-state index in [4.69, 9.17) is 9.15 Å². The molecule has 1 aromatic heterocycles. The van der Waals surface area contributed by atoms with Gasteiger partial charge >= 0.3 is 0 Å². The van der Waals surface area contributed by atoms with E-state index in [0.717, 1.165) is 48.2 Å². The van der Waals surface area contributed by atoms with Crippen LogP contribution < -0.4 is 5.32 Å². The Morgan fingerprint density at radius 3 is 2.25 bits per heavy atom. The summed E-state index contributed by atoms with van der Waals surface area (Å²) in [6, 6.07) is 13.9. The van der Waals surface area contributed by atoms with Gasteiger partial charge in [-0.25, -0.2) is 8.42 Å². The van der Waals surface area contributed by atoms with E-state index < -0.39 is 9.84 Å². The number of morpholine rings is 1. The van der Waals surface area contributed by atoms with Crippen LogP contribution in [0.1, 0.15) is 6.42 Å². The monoisotopic (exact) mass is 583 g/mol. The molecule has 170 valence electrons. The van der Waals surface area contributed by atoms with Crippen molar-refractivity contribution in [3.05, 3.63) is 57.5 Å². The van der Waals surface area contributed by atoms with E-state index in [1.165, 1.54) is 0 Å². The second-order valence-electron chi connectivity index (χ2n) is 7.35. The lowest BCUT2D eigenvalue weighted by atomic mass is 10.2. The van der Waals surface area contributed by atoms with Crippen molar-refractivity contribution in [2.24, 2.45) is 0 Å². The molecule has 2 aromatic carbocycles. The molecule has 0 aliphatic carbocycles. The van der Waals surface area contributed by atoms with Crippen molar-refractivity contribution in [2.75, 3.05) is 44.7 Å². The van der Waals surface area contributed by atoms with Crippen LogP contribution >= 0.6 is 31.9 Å². The van der Waals surface area contributed by atoms with Crippen LogP contribution in [0, 0.1) is 0 Å². The van der Waals surface area contributed by atoms with E-state index in [-0.39, 0.29) is 21.7 Å². The Morgan fingerprint density at radius 2 is 1.59 bits per heavy atom. The van der Waals surface area contributed by atoms with E-state index in [1.807, 2.05) is 24.3 Å². The maximum Gasteiger partial charge on any atom is 0.233 e. The van der Waals surface area contributed by atoms with Gasteiger partial charge < -0.3 is 14.5 Å². The fourth-order valence-corrected chi connectivity index (χ4v) is 5.18. The van der Waals surface area contributed by atoms with Crippen LogP contribution in [0.2, 0.25) is 0 Å². The Morgan fingerprint density at radius 1 is 0.969 bits per heavy atom. The van der Waals surface area contributed by atoms with E-state index in [9.17, 15) is 8.42 Å². The lowest BCUT2D eigenvalue weighted by molar-refractivity contribution is 0.0378. The standard InChI is InChI=1S/C22H23Br2N3O4S/c23-17-4-2-16(3-5-17)20-26-22(32(28,29)19-8-6-18(24)7-9-19)21(31-20)25-10-1-11-27-12-14-30-15-13-27/h2-9,25H,1,10-15H2. The Hall–Kier alpha value is -1.72. The lowest BCUT2D eigenvalue weighted by Gasteiger charge is -2.26. The first-order valence-electron chi connectivity index (χ1n) is 10.2. The van der Waals surface area contributed by atoms with Gasteiger partial charge in [0.15, 0.2) is 0 Å². The SMILES string of the molecule is O=S(=O)(c1ccc(Br)cc1)c1nc(-c2ccc(Br)cc2)oc1NCCCN1CCOCC1. The molecule has 0 bridgehead atoms. The third kappa shape index (κ3) is 5.60. The van der Waals surface area contributed by atoms with Gasteiger partial charge in [0.05, 0.1) is 18.1 Å². The summed E-state index contributed by atoms with van der Waals surface area (Å²) in [6.45, 7) is 4.80. The molecular formula is C22H23Br2N3O4S. The van der Waals surface area contributed by atoms with Gasteiger partial charge in [-0.1, -0.05) is 31.9 Å². The van der Waals surface area contributed by atoms with E-state index in [2.05, 4.69) is 47.1 Å². The molecule has 3 aromatic rings. The molecule has 0 saturated carbocycles. The second kappa shape index (κ2) is 10.5. The van der Waals surface area contributed by atoms with Crippen LogP contribution in [0.4, 0.5) is 5.88 Å². The molecule has 1 aliphatic heterocycles. The maximum absolute atomic E-state index is 13.3. The molecule has 32 heavy (non-hydrogen) atoms. The number of benzene rings is 2. The number of hydrogen-bond donors (Lipinski definition) is 1. The van der Waals surface area contributed by atoms with E-state index >= 15 is 0 Å². The lowest BCUT2D eigenvalue weighted by Crippen LogP contribution is -2.37. The molecule has 1 aliphatic rings. The summed E-state index contributed by atoms with van der Waals surface area (Å²) in [5.41, 5.74) is 0.696. The van der Waals surface area contributed by atoms with Gasteiger partial charge in [0.2, 0.25) is 26.6 Å². The summed E-state index contributed by atoms with van der Waals surface area (Å²) >= 11 is 6.75. The molecule has 10 heteroatoms. The fourth-order valence-electron chi connectivity index (χ4n) is 3.37. The summed E-state index contributed by atoms with van der Waals surface area (Å²) in [5, 5.41) is 3.05. The number of oxazole rings is 1. The Labute approximate surface area is 204 Å². The molecule has 4 rings (SSSR count). The molecule has 0 amide bonds. The normalized spacial score (nSPS) is 15.1. The Bertz CT molecular complexity index is 1140. The van der Waals surface area contributed by atoms with Crippen molar-refractivity contribution in [1.82, 2.24) is 9.88 Å². The number of anilines is 1. The van der Waals surface area contributed by atoms with Crippen molar-refractivity contribution in [3.8, 4) is 11.5 Å². The van der Waals surface area contributed by atoms with Crippen LogP contribution in [0.25, 0.3) is 11.5 Å². The third-order valence-electron chi connectivity index (χ3n) is 5.11. The number of aromatic nitrogens is 1. The second-order valence-corrected chi connectivity index (χ2v) is 11.0. The zero-order valence-corrected chi connectivity index (χ0v) is 21.2. The first-order chi connectivity index (χ1) is 15.4. The first kappa shape index (κ1) is 23.4. The number of rotatable bonds is 8. The molecule has 1 saturated heterocycles. The van der Waals surface area contributed by atoms with E-state index in [0.29, 0.717) is 12.1 Å². The van der Waals surface area contributed by atoms with Crippen LogP contribution in [0.3, 0.4) is 0 Å². The van der Waals surface area contributed by atoms with Crippen LogP contribution in [0.15, 0.2) is 71.8 Å². The topological polar surface area (TPSA) is 84.7 Å². The van der Waals surface area contributed by atoms with Crippen molar-refractivity contribution in [1.29, 1.82) is 0 Å². The third-order valence-corrected chi connectivity index (χ3v) is 7.84. The molecule has 0 unspecified atom stereocenters. The van der Waals surface area contributed by atoms with Crippen LogP contribution in [-0.2, 0) is 14.6 Å². The number of hydrogen-bond acceptors (Lipinski definition) is 7. The Balaban J connectivity index is 1.58. The number of sulfone groups is 1. The summed E-state index contributed by atoms with van der Waals surface area (Å²) in [5.74, 6) is 0.414. The quantitative estimate of drug-likeness (QED) is 0.379. The summed E-state index contributed by atoms with van der Waals surface area (Å²) in [4.78, 5) is 6.87. The molecule has 0 radical (unpaired) electrons. The van der Waals surface area contributed by atoms with Gasteiger partial charge in [-0.3, -0.25) is 4.90 Å². The number of ether oxygens (including phenoxy) is 1. The number of nitrogens with one attached hydrogen (secondary N) is 1. The zero-order valence-electron chi connectivity index (χ0n) is 17.3. The highest BCUT2D eigenvalue weighted by molar-refractivity contribution is 9.10. The molecule has 2 heterocycles. The van der Waals surface area contributed by atoms with Crippen LogP contribution in [0.5, 0.6) is 0 Å². The maximum atomic E-state index is 13.3. The van der Waals surface area contributed by atoms with Gasteiger partial charge in [0.25, 0.3) is 0 Å². The predicted octanol–water partition coefficient (Wildman–Crippen LogP) is 4.83. The van der Waals surface area contributed by atoms with E-state index in [1.54, 1.807) is 24.3 Å². The van der Waals surface area contributed by atoms with Crippen molar-refractivity contribution < 1.29 is 17.6 Å². The zero-order chi connectivity index (χ0) is 22.6. The average molecular weight is 585 g/mol. The Kier molecular flexibility index (Phi) is 7.67. The molecule has 7 nitrogen and oxygen atoms in total. The summed E-state index contributed by atoms with van der Waals surface area (Å²) in [6.07, 6.45) is 0.839. The molecule has 1 fully saturated rings. The van der Waals surface area contributed by atoms with Gasteiger partial charge in [0.1, 0.15) is 0 Å². The average Bonchev–Trinajstić information content (AvgIpc) is 3.23. The summed E-state index contributed by atoms with van der Waals surface area (Å²) in [7, 11) is -3.86. The van der Waals surface area contributed by atoms with Gasteiger partial charge in [-0.15, -0.1) is 0 Å². The molecule has 0 spiro atoms. The van der Waals surface area contributed by atoms with Gasteiger partial charge in [-0.05, 0) is 61.5 Å². The highest BCUT2D eigenvalue weighted by atomic mass is 79.9. The largest absolute Gasteiger partial charge is 0.419 e. The summed E-state index contributed by atoms with van der Waals surface area (Å²) < 4.78 is 39.7. The predicted molar refractivity (Wildman–Crippen MR) is 130 cm³/mol. The van der Waals surface area contributed by atoms with Crippen molar-refractivity contribution in [2.45, 2.75) is 16.3 Å². The highest BCUT2D eigenvalue weighted by Gasteiger charge is 2.28. The highest BCUT2D eigenvalue weighted by Crippen LogP contribution is 2.33.